The highest BCUT2D eigenvalue weighted by atomic mass is 79.9. The Morgan fingerprint density at radius 2 is 2.11 bits per heavy atom. The molecule has 2 rings (SSSR count). The van der Waals surface area contributed by atoms with Crippen molar-refractivity contribution in [2.75, 3.05) is 5.32 Å². The number of hydrogen-bond donors (Lipinski definition) is 1. The van der Waals surface area contributed by atoms with Crippen LogP contribution in [0.25, 0.3) is 0 Å². The molecule has 5 nitrogen and oxygen atoms in total. The lowest BCUT2D eigenvalue weighted by molar-refractivity contribution is -0.385. The number of rotatable bonds is 3. The number of anilines is 1. The van der Waals surface area contributed by atoms with Gasteiger partial charge in [0.15, 0.2) is 0 Å². The van der Waals surface area contributed by atoms with E-state index in [9.17, 15) is 14.9 Å². The normalized spacial score (nSPS) is 10.2. The second kappa shape index (κ2) is 5.50. The summed E-state index contributed by atoms with van der Waals surface area (Å²) < 4.78 is 0.873. The highest BCUT2D eigenvalue weighted by Gasteiger charge is 2.13. The number of aryl methyl sites for hydroxylation is 1. The van der Waals surface area contributed by atoms with Crippen molar-refractivity contribution in [3.63, 3.8) is 0 Å². The van der Waals surface area contributed by atoms with Crippen LogP contribution < -0.4 is 5.32 Å². The van der Waals surface area contributed by atoms with Crippen LogP contribution >= 0.6 is 27.3 Å². The molecule has 0 atom stereocenters. The van der Waals surface area contributed by atoms with Crippen LogP contribution in [0.15, 0.2) is 34.1 Å². The third-order valence-corrected chi connectivity index (χ3v) is 4.07. The molecule has 0 spiro atoms. The lowest BCUT2D eigenvalue weighted by Crippen LogP contribution is -2.10. The summed E-state index contributed by atoms with van der Waals surface area (Å²) >= 11 is 4.61. The van der Waals surface area contributed by atoms with E-state index in [0.717, 1.165) is 3.79 Å². The van der Waals surface area contributed by atoms with E-state index in [-0.39, 0.29) is 11.6 Å². The van der Waals surface area contributed by atoms with Crippen molar-refractivity contribution in [2.24, 2.45) is 0 Å². The van der Waals surface area contributed by atoms with Gasteiger partial charge in [-0.3, -0.25) is 14.9 Å². The van der Waals surface area contributed by atoms with Crippen LogP contribution in [0.5, 0.6) is 0 Å². The average Bonchev–Trinajstić information content (AvgIpc) is 2.75. The van der Waals surface area contributed by atoms with Crippen LogP contribution in [0.1, 0.15) is 15.2 Å². The maximum Gasteiger partial charge on any atom is 0.272 e. The van der Waals surface area contributed by atoms with Gasteiger partial charge in [-0.1, -0.05) is 0 Å². The van der Waals surface area contributed by atoms with Crippen molar-refractivity contribution in [2.45, 2.75) is 6.92 Å². The van der Waals surface area contributed by atoms with E-state index in [1.165, 1.54) is 23.5 Å². The standard InChI is InChI=1S/C12H9BrN2O3S/c1-7-6-8(2-3-9(7)15(17)18)14-12(16)10-4-5-11(13)19-10/h2-6H,1H3,(H,14,16). The predicted molar refractivity (Wildman–Crippen MR) is 77.8 cm³/mol. The second-order valence-electron chi connectivity index (χ2n) is 3.82. The van der Waals surface area contributed by atoms with Crippen LogP contribution in [0.2, 0.25) is 0 Å². The van der Waals surface area contributed by atoms with E-state index in [4.69, 9.17) is 0 Å². The zero-order valence-corrected chi connectivity index (χ0v) is 12.2. The van der Waals surface area contributed by atoms with Gasteiger partial charge < -0.3 is 5.32 Å². The summed E-state index contributed by atoms with van der Waals surface area (Å²) in [7, 11) is 0. The Kier molecular flexibility index (Phi) is 3.96. The molecule has 0 unspecified atom stereocenters. The maximum absolute atomic E-state index is 11.9. The lowest BCUT2D eigenvalue weighted by Gasteiger charge is -2.05. The van der Waals surface area contributed by atoms with Crippen LogP contribution in [-0.4, -0.2) is 10.8 Å². The molecule has 0 saturated carbocycles. The summed E-state index contributed by atoms with van der Waals surface area (Å²) in [6.45, 7) is 1.63. The van der Waals surface area contributed by atoms with Crippen LogP contribution in [0.4, 0.5) is 11.4 Å². The van der Waals surface area contributed by atoms with Crippen LogP contribution in [-0.2, 0) is 0 Å². The monoisotopic (exact) mass is 340 g/mol. The Labute approximate surface area is 121 Å². The fraction of sp³-hybridized carbons (Fsp3) is 0.0833. The smallest absolute Gasteiger partial charge is 0.272 e. The van der Waals surface area contributed by atoms with Gasteiger partial charge in [-0.2, -0.15) is 0 Å². The minimum Gasteiger partial charge on any atom is -0.321 e. The molecule has 1 aromatic carbocycles. The molecule has 7 heteroatoms. The molecular weight excluding hydrogens is 332 g/mol. The minimum atomic E-state index is -0.447. The van der Waals surface area contributed by atoms with E-state index in [1.807, 2.05) is 0 Å². The molecular formula is C12H9BrN2O3S. The minimum absolute atomic E-state index is 0.0388. The molecule has 0 bridgehead atoms. The molecule has 1 heterocycles. The maximum atomic E-state index is 11.9. The van der Waals surface area contributed by atoms with Crippen molar-refractivity contribution in [3.8, 4) is 0 Å². The summed E-state index contributed by atoms with van der Waals surface area (Å²) in [4.78, 5) is 22.7. The third kappa shape index (κ3) is 3.18. The summed E-state index contributed by atoms with van der Waals surface area (Å²) in [6.07, 6.45) is 0. The summed E-state index contributed by atoms with van der Waals surface area (Å²) in [5.74, 6) is -0.232. The average molecular weight is 341 g/mol. The zero-order chi connectivity index (χ0) is 14.0. The zero-order valence-electron chi connectivity index (χ0n) is 9.84. The first-order valence-electron chi connectivity index (χ1n) is 5.29. The molecule has 0 aliphatic rings. The highest BCUT2D eigenvalue weighted by molar-refractivity contribution is 9.11. The molecule has 1 aromatic heterocycles. The van der Waals surface area contributed by atoms with Gasteiger partial charge in [0.1, 0.15) is 0 Å². The first-order valence-corrected chi connectivity index (χ1v) is 6.90. The molecule has 19 heavy (non-hydrogen) atoms. The molecule has 0 aliphatic carbocycles. The first kappa shape index (κ1) is 13.7. The first-order chi connectivity index (χ1) is 8.97. The van der Waals surface area contributed by atoms with E-state index >= 15 is 0 Å². The van der Waals surface area contributed by atoms with Gasteiger partial charge in [-0.25, -0.2) is 0 Å². The van der Waals surface area contributed by atoms with Crippen LogP contribution in [0, 0.1) is 17.0 Å². The van der Waals surface area contributed by atoms with Gasteiger partial charge in [-0.05, 0) is 47.1 Å². The van der Waals surface area contributed by atoms with Crippen molar-refractivity contribution < 1.29 is 9.72 Å². The number of hydrogen-bond acceptors (Lipinski definition) is 4. The number of amides is 1. The molecule has 1 N–H and O–H groups in total. The Morgan fingerprint density at radius 3 is 2.63 bits per heavy atom. The van der Waals surface area contributed by atoms with Gasteiger partial charge >= 0.3 is 0 Å². The number of nitrogens with zero attached hydrogens (tertiary/aromatic N) is 1. The summed E-state index contributed by atoms with van der Waals surface area (Å²) in [5.41, 5.74) is 1.09. The van der Waals surface area contributed by atoms with Crippen molar-refractivity contribution in [1.82, 2.24) is 0 Å². The van der Waals surface area contributed by atoms with Gasteiger partial charge in [0.25, 0.3) is 11.6 Å². The van der Waals surface area contributed by atoms with Crippen molar-refractivity contribution in [1.29, 1.82) is 0 Å². The molecule has 1 amide bonds. The fourth-order valence-electron chi connectivity index (χ4n) is 1.57. The van der Waals surface area contributed by atoms with Gasteiger partial charge in [0, 0.05) is 17.3 Å². The largest absolute Gasteiger partial charge is 0.321 e. The lowest BCUT2D eigenvalue weighted by atomic mass is 10.2. The third-order valence-electron chi connectivity index (χ3n) is 2.45. The Hall–Kier alpha value is -1.73. The van der Waals surface area contributed by atoms with E-state index in [2.05, 4.69) is 21.2 Å². The Bertz CT molecular complexity index is 654. The van der Waals surface area contributed by atoms with E-state index in [1.54, 1.807) is 25.1 Å². The number of carbonyl (C=O) groups excluding carboxylic acids is 1. The Morgan fingerprint density at radius 1 is 1.37 bits per heavy atom. The summed E-state index contributed by atoms with van der Waals surface area (Å²) in [6, 6.07) is 7.99. The van der Waals surface area contributed by atoms with Gasteiger partial charge in [0.2, 0.25) is 0 Å². The number of halogens is 1. The molecule has 0 aliphatic heterocycles. The Balaban J connectivity index is 2.18. The summed E-state index contributed by atoms with van der Waals surface area (Å²) in [5, 5.41) is 13.4. The molecule has 0 radical (unpaired) electrons. The second-order valence-corrected chi connectivity index (χ2v) is 6.28. The molecule has 2 aromatic rings. The number of thiophene rings is 1. The van der Waals surface area contributed by atoms with E-state index < -0.39 is 4.92 Å². The highest BCUT2D eigenvalue weighted by Crippen LogP contribution is 2.25. The van der Waals surface area contributed by atoms with Crippen LogP contribution in [0.3, 0.4) is 0 Å². The fourth-order valence-corrected chi connectivity index (χ4v) is 2.85. The number of nitrogens with one attached hydrogen (secondary N) is 1. The number of carbonyl (C=O) groups is 1. The quantitative estimate of drug-likeness (QED) is 0.678. The predicted octanol–water partition coefficient (Wildman–Crippen LogP) is 3.98. The van der Waals surface area contributed by atoms with Crippen molar-refractivity contribution in [3.05, 3.63) is 54.7 Å². The molecule has 98 valence electrons. The van der Waals surface area contributed by atoms with Gasteiger partial charge in [0.05, 0.1) is 13.6 Å². The molecule has 0 saturated heterocycles. The van der Waals surface area contributed by atoms with E-state index in [0.29, 0.717) is 16.1 Å². The number of benzene rings is 1. The topological polar surface area (TPSA) is 72.2 Å². The van der Waals surface area contributed by atoms with Crippen molar-refractivity contribution >= 4 is 44.5 Å². The number of nitro groups is 1. The molecule has 0 fully saturated rings. The SMILES string of the molecule is Cc1cc(NC(=O)c2ccc(Br)s2)ccc1[N+](=O)[O-]. The number of nitro benzene ring substituents is 1. The van der Waals surface area contributed by atoms with Gasteiger partial charge in [-0.15, -0.1) is 11.3 Å².